The number of benzene rings is 2. The number of nitrogens with zero attached hydrogens (tertiary/aromatic N) is 1. The second kappa shape index (κ2) is 6.54. The van der Waals surface area contributed by atoms with Crippen LogP contribution in [0.25, 0.3) is 22.7 Å². The standard InChI is InChI=1S/C17H12ClNO4/c18-13-5-1-11(2-6-13)15-9-23-17(19-15)12-3-7-14(8-4-12)22-10-16(20)21/h1-9H,10H2,(H,20,21). The molecule has 0 spiro atoms. The molecule has 1 heterocycles. The number of carboxylic acids is 1. The molecule has 0 fully saturated rings. The summed E-state index contributed by atoms with van der Waals surface area (Å²) >= 11 is 5.87. The van der Waals surface area contributed by atoms with E-state index >= 15 is 0 Å². The fourth-order valence-electron chi connectivity index (χ4n) is 2.00. The molecule has 0 bridgehead atoms. The zero-order chi connectivity index (χ0) is 16.2. The fraction of sp³-hybridized carbons (Fsp3) is 0.0588. The van der Waals surface area contributed by atoms with E-state index < -0.39 is 5.97 Å². The largest absolute Gasteiger partial charge is 0.482 e. The van der Waals surface area contributed by atoms with Crippen LogP contribution < -0.4 is 4.74 Å². The van der Waals surface area contributed by atoms with E-state index in [4.69, 9.17) is 25.9 Å². The summed E-state index contributed by atoms with van der Waals surface area (Å²) in [5.41, 5.74) is 2.39. The summed E-state index contributed by atoms with van der Waals surface area (Å²) in [5.74, 6) is -0.0743. The number of hydrogen-bond donors (Lipinski definition) is 1. The first-order chi connectivity index (χ1) is 11.1. The van der Waals surface area contributed by atoms with Crippen molar-refractivity contribution in [3.8, 4) is 28.5 Å². The van der Waals surface area contributed by atoms with Crippen LogP contribution in [0.15, 0.2) is 59.2 Å². The van der Waals surface area contributed by atoms with Crippen LogP contribution in [-0.2, 0) is 4.79 Å². The van der Waals surface area contributed by atoms with Gasteiger partial charge in [0.05, 0.1) is 0 Å². The minimum atomic E-state index is -1.02. The van der Waals surface area contributed by atoms with E-state index in [2.05, 4.69) is 4.98 Å². The molecule has 0 atom stereocenters. The van der Waals surface area contributed by atoms with Crippen molar-refractivity contribution in [1.29, 1.82) is 0 Å². The van der Waals surface area contributed by atoms with Crippen LogP contribution in [0, 0.1) is 0 Å². The van der Waals surface area contributed by atoms with E-state index in [1.807, 2.05) is 12.1 Å². The minimum Gasteiger partial charge on any atom is -0.482 e. The highest BCUT2D eigenvalue weighted by atomic mass is 35.5. The highest BCUT2D eigenvalue weighted by molar-refractivity contribution is 6.30. The van der Waals surface area contributed by atoms with Gasteiger partial charge in [0.15, 0.2) is 6.61 Å². The predicted octanol–water partition coefficient (Wildman–Crippen LogP) is 4.13. The molecule has 0 saturated carbocycles. The molecule has 23 heavy (non-hydrogen) atoms. The van der Waals surface area contributed by atoms with Gasteiger partial charge in [0.2, 0.25) is 5.89 Å². The Bertz CT molecular complexity index is 809. The second-order valence-corrected chi connectivity index (χ2v) is 5.19. The average molecular weight is 330 g/mol. The quantitative estimate of drug-likeness (QED) is 0.762. The zero-order valence-electron chi connectivity index (χ0n) is 11.9. The van der Waals surface area contributed by atoms with E-state index in [1.54, 1.807) is 42.7 Å². The Hall–Kier alpha value is -2.79. The lowest BCUT2D eigenvalue weighted by Gasteiger charge is -2.03. The number of ether oxygens (including phenoxy) is 1. The first-order valence-electron chi connectivity index (χ1n) is 6.78. The van der Waals surface area contributed by atoms with E-state index in [0.717, 1.165) is 11.1 Å². The molecule has 0 aliphatic heterocycles. The maximum Gasteiger partial charge on any atom is 0.341 e. The molecule has 0 radical (unpaired) electrons. The maximum atomic E-state index is 10.5. The summed E-state index contributed by atoms with van der Waals surface area (Å²) < 4.78 is 10.6. The third-order valence-electron chi connectivity index (χ3n) is 3.11. The number of halogens is 1. The van der Waals surface area contributed by atoms with Gasteiger partial charge in [-0.15, -0.1) is 0 Å². The maximum absolute atomic E-state index is 10.5. The average Bonchev–Trinajstić information content (AvgIpc) is 3.04. The predicted molar refractivity (Wildman–Crippen MR) is 85.5 cm³/mol. The van der Waals surface area contributed by atoms with Gasteiger partial charge in [-0.25, -0.2) is 9.78 Å². The molecule has 116 valence electrons. The molecule has 1 N–H and O–H groups in total. The lowest BCUT2D eigenvalue weighted by molar-refractivity contribution is -0.139. The van der Waals surface area contributed by atoms with Gasteiger partial charge in [0.1, 0.15) is 17.7 Å². The molecule has 2 aromatic carbocycles. The summed E-state index contributed by atoms with van der Waals surface area (Å²) in [6, 6.07) is 14.2. The van der Waals surface area contributed by atoms with E-state index in [0.29, 0.717) is 22.4 Å². The molecule has 5 nitrogen and oxygen atoms in total. The molecule has 0 amide bonds. The molecule has 6 heteroatoms. The molecule has 0 aliphatic rings. The number of carboxylic acid groups (broad SMARTS) is 1. The SMILES string of the molecule is O=C(O)COc1ccc(-c2nc(-c3ccc(Cl)cc3)co2)cc1. The lowest BCUT2D eigenvalue weighted by atomic mass is 10.2. The second-order valence-electron chi connectivity index (χ2n) is 4.75. The first-order valence-corrected chi connectivity index (χ1v) is 7.16. The Morgan fingerprint density at radius 3 is 2.39 bits per heavy atom. The van der Waals surface area contributed by atoms with Gasteiger partial charge >= 0.3 is 5.97 Å². The first kappa shape index (κ1) is 15.1. The molecular formula is C17H12ClNO4. The van der Waals surface area contributed by atoms with Crippen molar-refractivity contribution in [3.63, 3.8) is 0 Å². The zero-order valence-corrected chi connectivity index (χ0v) is 12.7. The van der Waals surface area contributed by atoms with Gasteiger partial charge in [-0.05, 0) is 36.4 Å². The Morgan fingerprint density at radius 2 is 1.74 bits per heavy atom. The van der Waals surface area contributed by atoms with Crippen molar-refractivity contribution in [2.45, 2.75) is 0 Å². The van der Waals surface area contributed by atoms with E-state index in [1.165, 1.54) is 0 Å². The van der Waals surface area contributed by atoms with Gasteiger partial charge in [0, 0.05) is 16.1 Å². The third kappa shape index (κ3) is 3.70. The van der Waals surface area contributed by atoms with E-state index in [-0.39, 0.29) is 6.61 Å². The van der Waals surface area contributed by atoms with Crippen molar-refractivity contribution in [1.82, 2.24) is 4.98 Å². The summed E-state index contributed by atoms with van der Waals surface area (Å²) in [4.78, 5) is 14.9. The molecule has 3 rings (SSSR count). The summed E-state index contributed by atoms with van der Waals surface area (Å²) in [5, 5.41) is 9.24. The van der Waals surface area contributed by atoms with Crippen LogP contribution in [-0.4, -0.2) is 22.7 Å². The van der Waals surface area contributed by atoms with Crippen molar-refractivity contribution < 1.29 is 19.1 Å². The molecule has 1 aromatic heterocycles. The Kier molecular flexibility index (Phi) is 4.30. The summed E-state index contributed by atoms with van der Waals surface area (Å²) in [6.45, 7) is -0.376. The van der Waals surface area contributed by atoms with Crippen molar-refractivity contribution in [2.75, 3.05) is 6.61 Å². The van der Waals surface area contributed by atoms with Crippen LogP contribution >= 0.6 is 11.6 Å². The molecule has 0 unspecified atom stereocenters. The van der Waals surface area contributed by atoms with Gasteiger partial charge in [-0.2, -0.15) is 0 Å². The van der Waals surface area contributed by atoms with Gasteiger partial charge in [-0.1, -0.05) is 23.7 Å². The highest BCUT2D eigenvalue weighted by Gasteiger charge is 2.09. The number of aliphatic carboxylic acids is 1. The number of carbonyl (C=O) groups is 1. The Labute approximate surface area is 137 Å². The number of oxazole rings is 1. The van der Waals surface area contributed by atoms with Crippen molar-refractivity contribution in [2.24, 2.45) is 0 Å². The molecular weight excluding hydrogens is 318 g/mol. The summed E-state index contributed by atoms with van der Waals surface area (Å²) in [6.07, 6.45) is 1.58. The van der Waals surface area contributed by atoms with Crippen LogP contribution in [0.1, 0.15) is 0 Å². The monoisotopic (exact) mass is 329 g/mol. The van der Waals surface area contributed by atoms with Gasteiger partial charge in [0.25, 0.3) is 0 Å². The van der Waals surface area contributed by atoms with Crippen LogP contribution in [0.3, 0.4) is 0 Å². The normalized spacial score (nSPS) is 10.5. The van der Waals surface area contributed by atoms with Crippen LogP contribution in [0.4, 0.5) is 0 Å². The third-order valence-corrected chi connectivity index (χ3v) is 3.36. The lowest BCUT2D eigenvalue weighted by Crippen LogP contribution is -2.09. The van der Waals surface area contributed by atoms with E-state index in [9.17, 15) is 4.79 Å². The highest BCUT2D eigenvalue weighted by Crippen LogP contribution is 2.26. The number of aromatic nitrogens is 1. The van der Waals surface area contributed by atoms with Crippen molar-refractivity contribution >= 4 is 17.6 Å². The topological polar surface area (TPSA) is 72.6 Å². The molecule has 0 saturated heterocycles. The van der Waals surface area contributed by atoms with Gasteiger partial charge < -0.3 is 14.3 Å². The fourth-order valence-corrected chi connectivity index (χ4v) is 2.12. The van der Waals surface area contributed by atoms with Crippen LogP contribution in [0.2, 0.25) is 5.02 Å². The van der Waals surface area contributed by atoms with Gasteiger partial charge in [-0.3, -0.25) is 0 Å². The van der Waals surface area contributed by atoms with Crippen LogP contribution in [0.5, 0.6) is 5.75 Å². The molecule has 3 aromatic rings. The smallest absolute Gasteiger partial charge is 0.341 e. The number of hydrogen-bond acceptors (Lipinski definition) is 4. The number of rotatable bonds is 5. The summed E-state index contributed by atoms with van der Waals surface area (Å²) in [7, 11) is 0. The molecule has 0 aliphatic carbocycles. The van der Waals surface area contributed by atoms with Crippen molar-refractivity contribution in [3.05, 3.63) is 59.8 Å². The Balaban J connectivity index is 1.77. The minimum absolute atomic E-state index is 0.376. The Morgan fingerprint density at radius 1 is 1.09 bits per heavy atom.